The van der Waals surface area contributed by atoms with E-state index in [-0.39, 0.29) is 0 Å². The van der Waals surface area contributed by atoms with Crippen LogP contribution in [0.4, 0.5) is 0 Å². The van der Waals surface area contributed by atoms with Gasteiger partial charge in [-0.05, 0) is 109 Å². The van der Waals surface area contributed by atoms with Gasteiger partial charge in [0.2, 0.25) is 0 Å². The van der Waals surface area contributed by atoms with Crippen molar-refractivity contribution in [1.29, 1.82) is 0 Å². The van der Waals surface area contributed by atoms with Crippen molar-refractivity contribution in [3.63, 3.8) is 0 Å². The molecule has 0 bridgehead atoms. The van der Waals surface area contributed by atoms with Crippen LogP contribution >= 0.6 is 0 Å². The molecule has 31 heavy (non-hydrogen) atoms. The minimum atomic E-state index is 0.357. The Balaban J connectivity index is 1.39. The van der Waals surface area contributed by atoms with Crippen LogP contribution in [0.2, 0.25) is 0 Å². The predicted molar refractivity (Wildman–Crippen MR) is 126 cm³/mol. The molecule has 0 amide bonds. The number of ether oxygens (including phenoxy) is 1. The summed E-state index contributed by atoms with van der Waals surface area (Å²) in [7, 11) is 0. The maximum atomic E-state index is 9.58. The molecule has 5 rings (SSSR count). The van der Waals surface area contributed by atoms with E-state index in [1.54, 1.807) is 5.56 Å². The first kappa shape index (κ1) is 21.1. The molecule has 3 aliphatic rings. The summed E-state index contributed by atoms with van der Waals surface area (Å²) in [6.45, 7) is 5.81. The number of rotatable bonds is 6. The third kappa shape index (κ3) is 3.71. The fourth-order valence-corrected chi connectivity index (χ4v) is 7.53. The van der Waals surface area contributed by atoms with E-state index in [0.717, 1.165) is 42.3 Å². The second-order valence-electron chi connectivity index (χ2n) is 10.5. The second kappa shape index (κ2) is 8.62. The fourth-order valence-electron chi connectivity index (χ4n) is 7.53. The van der Waals surface area contributed by atoms with E-state index in [4.69, 9.17) is 4.74 Å². The highest BCUT2D eigenvalue weighted by Gasteiger charge is 2.54. The summed E-state index contributed by atoms with van der Waals surface area (Å²) >= 11 is 0. The van der Waals surface area contributed by atoms with Crippen molar-refractivity contribution in [3.05, 3.63) is 64.7 Å². The van der Waals surface area contributed by atoms with Crippen LogP contribution in [0.3, 0.4) is 0 Å². The third-order valence-electron chi connectivity index (χ3n) is 9.20. The molecule has 166 valence electrons. The Bertz CT molecular complexity index is 904. The Hall–Kier alpha value is -1.80. The lowest BCUT2D eigenvalue weighted by Crippen LogP contribution is -2.42. The zero-order valence-corrected chi connectivity index (χ0v) is 19.3. The SMILES string of the molecule is CCc1cc2c(cc1OCc1ccccc1)CCC1C2CC[C@@]2(C)C1CC[C@@H]2CCO. The van der Waals surface area contributed by atoms with Crippen molar-refractivity contribution in [2.45, 2.75) is 77.7 Å². The Kier molecular flexibility index (Phi) is 5.86. The lowest BCUT2D eigenvalue weighted by molar-refractivity contribution is 0.0209. The first-order valence-corrected chi connectivity index (χ1v) is 12.6. The van der Waals surface area contributed by atoms with Crippen molar-refractivity contribution in [2.24, 2.45) is 23.2 Å². The molecule has 2 aromatic rings. The molecule has 3 aliphatic carbocycles. The van der Waals surface area contributed by atoms with Gasteiger partial charge in [0.15, 0.2) is 0 Å². The maximum absolute atomic E-state index is 9.58. The highest BCUT2D eigenvalue weighted by Crippen LogP contribution is 2.63. The minimum absolute atomic E-state index is 0.357. The molecule has 0 aromatic heterocycles. The van der Waals surface area contributed by atoms with Crippen LogP contribution in [-0.4, -0.2) is 11.7 Å². The summed E-state index contributed by atoms with van der Waals surface area (Å²) < 4.78 is 6.32. The molecule has 1 N–H and O–H groups in total. The highest BCUT2D eigenvalue weighted by molar-refractivity contribution is 5.46. The van der Waals surface area contributed by atoms with E-state index in [1.165, 1.54) is 55.2 Å². The Morgan fingerprint density at radius 1 is 1.06 bits per heavy atom. The maximum Gasteiger partial charge on any atom is 0.123 e. The lowest BCUT2D eigenvalue weighted by Gasteiger charge is -2.51. The van der Waals surface area contributed by atoms with Crippen LogP contribution in [-0.2, 0) is 19.4 Å². The van der Waals surface area contributed by atoms with Gasteiger partial charge in [0.25, 0.3) is 0 Å². The van der Waals surface area contributed by atoms with Gasteiger partial charge in [-0.2, -0.15) is 0 Å². The first-order valence-electron chi connectivity index (χ1n) is 12.6. The molecule has 0 aliphatic heterocycles. The molecule has 0 spiro atoms. The van der Waals surface area contributed by atoms with Gasteiger partial charge in [0.1, 0.15) is 12.4 Å². The van der Waals surface area contributed by atoms with Crippen molar-refractivity contribution in [3.8, 4) is 5.75 Å². The molecular formula is C29H38O2. The Labute approximate surface area is 188 Å². The topological polar surface area (TPSA) is 29.5 Å². The molecule has 5 atom stereocenters. The summed E-state index contributed by atoms with van der Waals surface area (Å²) in [5, 5.41) is 9.58. The van der Waals surface area contributed by atoms with Gasteiger partial charge in [-0.25, -0.2) is 0 Å². The van der Waals surface area contributed by atoms with Crippen molar-refractivity contribution in [1.82, 2.24) is 0 Å². The van der Waals surface area contributed by atoms with Crippen LogP contribution in [0, 0.1) is 23.2 Å². The van der Waals surface area contributed by atoms with Gasteiger partial charge in [-0.1, -0.05) is 50.2 Å². The molecule has 0 heterocycles. The average molecular weight is 419 g/mol. The van der Waals surface area contributed by atoms with E-state index >= 15 is 0 Å². The standard InChI is InChI=1S/C29H38O2/c1-3-21-17-26-22(18-28(21)31-19-20-7-5-4-6-8-20)9-11-25-24(26)13-15-29(2)23(14-16-30)10-12-27(25)29/h4-8,17-18,23-25,27,30H,3,9-16,19H2,1-2H3/t23-,24?,25?,27?,29-/m1/s1. The number of hydrogen-bond donors (Lipinski definition) is 1. The third-order valence-corrected chi connectivity index (χ3v) is 9.20. The average Bonchev–Trinajstić information content (AvgIpc) is 3.14. The summed E-state index contributed by atoms with van der Waals surface area (Å²) in [5.74, 6) is 4.21. The second-order valence-corrected chi connectivity index (χ2v) is 10.5. The smallest absolute Gasteiger partial charge is 0.123 e. The number of aliphatic hydroxyl groups excluding tert-OH is 1. The lowest BCUT2D eigenvalue weighted by atomic mass is 9.54. The molecular weight excluding hydrogens is 380 g/mol. The molecule has 0 saturated heterocycles. The van der Waals surface area contributed by atoms with E-state index < -0.39 is 0 Å². The van der Waals surface area contributed by atoms with Crippen LogP contribution in [0.5, 0.6) is 5.75 Å². The van der Waals surface area contributed by atoms with E-state index in [9.17, 15) is 5.11 Å². The number of hydrogen-bond acceptors (Lipinski definition) is 2. The molecule has 2 saturated carbocycles. The normalized spacial score (nSPS) is 31.6. The summed E-state index contributed by atoms with van der Waals surface area (Å²) in [4.78, 5) is 0. The molecule has 2 nitrogen and oxygen atoms in total. The van der Waals surface area contributed by atoms with Crippen LogP contribution < -0.4 is 4.74 Å². The minimum Gasteiger partial charge on any atom is -0.489 e. The van der Waals surface area contributed by atoms with Gasteiger partial charge in [0, 0.05) is 6.61 Å². The zero-order valence-electron chi connectivity index (χ0n) is 19.3. The summed E-state index contributed by atoms with van der Waals surface area (Å²) in [5.41, 5.74) is 6.22. The Morgan fingerprint density at radius 2 is 1.90 bits per heavy atom. The first-order chi connectivity index (χ1) is 15.1. The molecule has 3 unspecified atom stereocenters. The number of benzene rings is 2. The fraction of sp³-hybridized carbons (Fsp3) is 0.586. The molecule has 2 aromatic carbocycles. The van der Waals surface area contributed by atoms with Gasteiger partial charge >= 0.3 is 0 Å². The van der Waals surface area contributed by atoms with Crippen molar-refractivity contribution < 1.29 is 9.84 Å². The van der Waals surface area contributed by atoms with E-state index in [1.807, 2.05) is 0 Å². The van der Waals surface area contributed by atoms with Crippen molar-refractivity contribution in [2.75, 3.05) is 6.61 Å². The van der Waals surface area contributed by atoms with Crippen molar-refractivity contribution >= 4 is 0 Å². The largest absolute Gasteiger partial charge is 0.489 e. The summed E-state index contributed by atoms with van der Waals surface area (Å²) in [6.07, 6.45) is 9.89. The highest BCUT2D eigenvalue weighted by atomic mass is 16.5. The van der Waals surface area contributed by atoms with Gasteiger partial charge < -0.3 is 9.84 Å². The predicted octanol–water partition coefficient (Wildman–Crippen LogP) is 6.68. The monoisotopic (exact) mass is 418 g/mol. The Morgan fingerprint density at radius 3 is 2.68 bits per heavy atom. The van der Waals surface area contributed by atoms with Gasteiger partial charge in [0.05, 0.1) is 0 Å². The van der Waals surface area contributed by atoms with Gasteiger partial charge in [-0.15, -0.1) is 0 Å². The van der Waals surface area contributed by atoms with E-state index in [2.05, 4.69) is 56.3 Å². The molecule has 2 heteroatoms. The summed E-state index contributed by atoms with van der Waals surface area (Å²) in [6, 6.07) is 15.4. The van der Waals surface area contributed by atoms with Crippen LogP contribution in [0.1, 0.15) is 80.5 Å². The molecule has 0 radical (unpaired) electrons. The molecule has 2 fully saturated rings. The number of aryl methyl sites for hydroxylation is 2. The van der Waals surface area contributed by atoms with E-state index in [0.29, 0.717) is 18.6 Å². The van der Waals surface area contributed by atoms with Crippen LogP contribution in [0.25, 0.3) is 0 Å². The van der Waals surface area contributed by atoms with Crippen LogP contribution in [0.15, 0.2) is 42.5 Å². The number of fused-ring (bicyclic) bond motifs is 5. The zero-order chi connectivity index (χ0) is 21.4. The number of aliphatic hydroxyl groups is 1. The quantitative estimate of drug-likeness (QED) is 0.567. The van der Waals surface area contributed by atoms with Gasteiger partial charge in [-0.3, -0.25) is 0 Å².